The molecule has 1 amide bonds. The van der Waals surface area contributed by atoms with Crippen LogP contribution in [0.1, 0.15) is 31.4 Å². The molecule has 0 spiro atoms. The average molecular weight is 327 g/mol. The summed E-state index contributed by atoms with van der Waals surface area (Å²) in [4.78, 5) is 14.0. The van der Waals surface area contributed by atoms with Crippen molar-refractivity contribution in [3.05, 3.63) is 28.2 Å². The van der Waals surface area contributed by atoms with Gasteiger partial charge in [0.15, 0.2) is 0 Å². The van der Waals surface area contributed by atoms with Crippen molar-refractivity contribution >= 4 is 27.5 Å². The number of likely N-dealkylation sites (N-methyl/N-ethyl adjacent to an activating group) is 1. The summed E-state index contributed by atoms with van der Waals surface area (Å²) in [6.45, 7) is 2.62. The fourth-order valence-electron chi connectivity index (χ4n) is 2.51. The second kappa shape index (κ2) is 5.92. The second-order valence-electron chi connectivity index (χ2n) is 4.85. The lowest BCUT2D eigenvalue weighted by Gasteiger charge is -2.27. The van der Waals surface area contributed by atoms with Gasteiger partial charge in [0, 0.05) is 18.1 Å². The van der Waals surface area contributed by atoms with Crippen molar-refractivity contribution in [2.24, 2.45) is 0 Å². The Kier molecular flexibility index (Phi) is 4.47. The average Bonchev–Trinajstić information content (AvgIpc) is 2.86. The SMILES string of the molecule is CNC(=O)C1CCCN1c1ccc([C@@H](C)O)cc1Br. The van der Waals surface area contributed by atoms with E-state index in [0.29, 0.717) is 0 Å². The zero-order chi connectivity index (χ0) is 14.0. The van der Waals surface area contributed by atoms with Crippen LogP contribution in [0.15, 0.2) is 22.7 Å². The molecule has 5 heteroatoms. The maximum absolute atomic E-state index is 11.9. The number of benzene rings is 1. The molecule has 1 heterocycles. The monoisotopic (exact) mass is 326 g/mol. The van der Waals surface area contributed by atoms with Gasteiger partial charge in [-0.1, -0.05) is 6.07 Å². The smallest absolute Gasteiger partial charge is 0.242 e. The first-order valence-electron chi connectivity index (χ1n) is 6.50. The quantitative estimate of drug-likeness (QED) is 0.895. The predicted molar refractivity (Wildman–Crippen MR) is 79.2 cm³/mol. The number of aliphatic hydroxyl groups excluding tert-OH is 1. The number of nitrogens with zero attached hydrogens (tertiary/aromatic N) is 1. The van der Waals surface area contributed by atoms with Gasteiger partial charge >= 0.3 is 0 Å². The van der Waals surface area contributed by atoms with E-state index in [0.717, 1.165) is 35.1 Å². The molecule has 1 fully saturated rings. The standard InChI is InChI=1S/C14H19BrN2O2/c1-9(18)10-5-6-12(11(15)8-10)17-7-3-4-13(17)14(19)16-2/h5-6,8-9,13,18H,3-4,7H2,1-2H3,(H,16,19)/t9-,13?/m1/s1. The molecule has 0 radical (unpaired) electrons. The van der Waals surface area contributed by atoms with Crippen LogP contribution in [-0.2, 0) is 4.79 Å². The van der Waals surface area contributed by atoms with Gasteiger partial charge in [-0.15, -0.1) is 0 Å². The second-order valence-corrected chi connectivity index (χ2v) is 5.71. The lowest BCUT2D eigenvalue weighted by molar-refractivity contribution is -0.121. The number of carbonyl (C=O) groups excluding carboxylic acids is 1. The minimum atomic E-state index is -0.487. The highest BCUT2D eigenvalue weighted by atomic mass is 79.9. The van der Waals surface area contributed by atoms with E-state index in [1.54, 1.807) is 14.0 Å². The van der Waals surface area contributed by atoms with E-state index in [1.807, 2.05) is 18.2 Å². The van der Waals surface area contributed by atoms with E-state index >= 15 is 0 Å². The maximum atomic E-state index is 11.9. The number of nitrogens with one attached hydrogen (secondary N) is 1. The summed E-state index contributed by atoms with van der Waals surface area (Å²) in [5, 5.41) is 12.3. The highest BCUT2D eigenvalue weighted by Gasteiger charge is 2.31. The van der Waals surface area contributed by atoms with Crippen molar-refractivity contribution in [3.63, 3.8) is 0 Å². The number of hydrogen-bond donors (Lipinski definition) is 2. The third-order valence-corrected chi connectivity index (χ3v) is 4.20. The topological polar surface area (TPSA) is 52.6 Å². The molecule has 19 heavy (non-hydrogen) atoms. The van der Waals surface area contributed by atoms with Crippen LogP contribution in [0.5, 0.6) is 0 Å². The van der Waals surface area contributed by atoms with Crippen molar-refractivity contribution in [2.45, 2.75) is 31.9 Å². The molecule has 1 aliphatic rings. The van der Waals surface area contributed by atoms with Gasteiger partial charge in [0.05, 0.1) is 11.8 Å². The highest BCUT2D eigenvalue weighted by molar-refractivity contribution is 9.10. The van der Waals surface area contributed by atoms with Crippen molar-refractivity contribution < 1.29 is 9.90 Å². The number of anilines is 1. The van der Waals surface area contributed by atoms with Crippen LogP contribution in [-0.4, -0.2) is 30.6 Å². The number of hydrogen-bond acceptors (Lipinski definition) is 3. The molecule has 1 saturated heterocycles. The Bertz CT molecular complexity index is 477. The summed E-state index contributed by atoms with van der Waals surface area (Å²) in [6.07, 6.45) is 1.41. The van der Waals surface area contributed by atoms with Gasteiger partial charge in [-0.3, -0.25) is 4.79 Å². The van der Waals surface area contributed by atoms with Crippen molar-refractivity contribution in [3.8, 4) is 0 Å². The minimum absolute atomic E-state index is 0.0593. The molecule has 0 aromatic heterocycles. The van der Waals surface area contributed by atoms with Crippen molar-refractivity contribution in [1.29, 1.82) is 0 Å². The van der Waals surface area contributed by atoms with Crippen LogP contribution >= 0.6 is 15.9 Å². The Balaban J connectivity index is 2.28. The van der Waals surface area contributed by atoms with Crippen LogP contribution in [0.3, 0.4) is 0 Å². The van der Waals surface area contributed by atoms with Gasteiger partial charge in [0.1, 0.15) is 6.04 Å². The molecule has 1 aromatic carbocycles. The molecule has 2 atom stereocenters. The molecule has 104 valence electrons. The molecule has 0 bridgehead atoms. The van der Waals surface area contributed by atoms with Crippen molar-refractivity contribution in [1.82, 2.24) is 5.32 Å². The van der Waals surface area contributed by atoms with Crippen LogP contribution in [0.25, 0.3) is 0 Å². The molecule has 2 rings (SSSR count). The summed E-state index contributed by atoms with van der Waals surface area (Å²) < 4.78 is 0.918. The first-order valence-corrected chi connectivity index (χ1v) is 7.29. The van der Waals surface area contributed by atoms with Gasteiger partial charge in [-0.2, -0.15) is 0 Å². The number of aliphatic hydroxyl groups is 1. The number of amides is 1. The van der Waals surface area contributed by atoms with E-state index in [2.05, 4.69) is 26.1 Å². The summed E-state index contributed by atoms with van der Waals surface area (Å²) in [5.74, 6) is 0.0593. The van der Waals surface area contributed by atoms with E-state index < -0.39 is 6.10 Å². The van der Waals surface area contributed by atoms with Crippen LogP contribution < -0.4 is 10.2 Å². The van der Waals surface area contributed by atoms with Gasteiger partial charge < -0.3 is 15.3 Å². The van der Waals surface area contributed by atoms with Gasteiger partial charge in [-0.25, -0.2) is 0 Å². The first-order chi connectivity index (χ1) is 9.04. The Morgan fingerprint density at radius 3 is 2.89 bits per heavy atom. The minimum Gasteiger partial charge on any atom is -0.389 e. The lowest BCUT2D eigenvalue weighted by atomic mass is 10.1. The predicted octanol–water partition coefficient (Wildman–Crippen LogP) is 2.22. The van der Waals surface area contributed by atoms with E-state index in [-0.39, 0.29) is 11.9 Å². The summed E-state index contributed by atoms with van der Waals surface area (Å²) in [6, 6.07) is 5.69. The Labute approximate surface area is 121 Å². The van der Waals surface area contributed by atoms with Crippen molar-refractivity contribution in [2.75, 3.05) is 18.5 Å². The van der Waals surface area contributed by atoms with Gasteiger partial charge in [0.2, 0.25) is 5.91 Å². The maximum Gasteiger partial charge on any atom is 0.242 e. The normalized spacial score (nSPS) is 20.4. The molecule has 1 aliphatic heterocycles. The summed E-state index contributed by atoms with van der Waals surface area (Å²) in [7, 11) is 1.67. The largest absolute Gasteiger partial charge is 0.389 e. The van der Waals surface area contributed by atoms with Crippen LogP contribution in [0, 0.1) is 0 Å². The molecule has 1 aromatic rings. The van der Waals surface area contributed by atoms with Gasteiger partial charge in [-0.05, 0) is 53.4 Å². The van der Waals surface area contributed by atoms with E-state index in [1.165, 1.54) is 0 Å². The first kappa shape index (κ1) is 14.3. The fourth-order valence-corrected chi connectivity index (χ4v) is 3.13. The zero-order valence-corrected chi connectivity index (χ0v) is 12.8. The van der Waals surface area contributed by atoms with E-state index in [9.17, 15) is 9.90 Å². The molecule has 2 N–H and O–H groups in total. The van der Waals surface area contributed by atoms with Crippen LogP contribution in [0.4, 0.5) is 5.69 Å². The third kappa shape index (κ3) is 2.92. The third-order valence-electron chi connectivity index (χ3n) is 3.57. The molecular formula is C14H19BrN2O2. The number of halogens is 1. The number of carbonyl (C=O) groups is 1. The Morgan fingerprint density at radius 2 is 2.32 bits per heavy atom. The summed E-state index contributed by atoms with van der Waals surface area (Å²) >= 11 is 3.54. The van der Waals surface area contributed by atoms with E-state index in [4.69, 9.17) is 0 Å². The van der Waals surface area contributed by atoms with Crippen LogP contribution in [0.2, 0.25) is 0 Å². The molecule has 4 nitrogen and oxygen atoms in total. The Morgan fingerprint density at radius 1 is 1.58 bits per heavy atom. The zero-order valence-electron chi connectivity index (χ0n) is 11.2. The lowest BCUT2D eigenvalue weighted by Crippen LogP contribution is -2.42. The molecule has 0 saturated carbocycles. The summed E-state index contributed by atoms with van der Waals surface area (Å²) in [5.41, 5.74) is 1.88. The Hall–Kier alpha value is -1.07. The van der Waals surface area contributed by atoms with Gasteiger partial charge in [0.25, 0.3) is 0 Å². The number of rotatable bonds is 3. The molecule has 0 aliphatic carbocycles. The fraction of sp³-hybridized carbons (Fsp3) is 0.500. The molecular weight excluding hydrogens is 308 g/mol. The molecule has 1 unspecified atom stereocenters. The highest BCUT2D eigenvalue weighted by Crippen LogP contribution is 2.34.